The van der Waals surface area contributed by atoms with Crippen molar-refractivity contribution >= 4 is 46.4 Å². The Bertz CT molecular complexity index is 876. The molecule has 122 valence electrons. The van der Waals surface area contributed by atoms with Crippen molar-refractivity contribution < 1.29 is 14.7 Å². The van der Waals surface area contributed by atoms with E-state index < -0.39 is 11.8 Å². The predicted molar refractivity (Wildman–Crippen MR) is 93.3 cm³/mol. The van der Waals surface area contributed by atoms with Gasteiger partial charge in [0.2, 0.25) is 0 Å². The van der Waals surface area contributed by atoms with Gasteiger partial charge in [0, 0.05) is 5.02 Å². The standard InChI is InChI=1S/C17H12Cl2N2O3/c1-9-2-5-11(6-3-9)21-16(23)14(19)15(17(21)24)20-12-8-10(18)4-7-13(12)22/h2-8,20,22H,1H3. The molecule has 0 radical (unpaired) electrons. The quantitative estimate of drug-likeness (QED) is 0.643. The zero-order valence-corrected chi connectivity index (χ0v) is 14.0. The lowest BCUT2D eigenvalue weighted by Gasteiger charge is -2.15. The molecule has 7 heteroatoms. The second kappa shape index (κ2) is 6.19. The number of nitrogens with one attached hydrogen (secondary N) is 1. The van der Waals surface area contributed by atoms with Crippen LogP contribution in [0.3, 0.4) is 0 Å². The number of aromatic hydroxyl groups is 1. The van der Waals surface area contributed by atoms with E-state index in [0.29, 0.717) is 10.7 Å². The number of rotatable bonds is 3. The van der Waals surface area contributed by atoms with E-state index in [1.54, 1.807) is 24.3 Å². The number of hydrogen-bond acceptors (Lipinski definition) is 4. The first-order valence-electron chi connectivity index (χ1n) is 6.99. The van der Waals surface area contributed by atoms with Gasteiger partial charge in [-0.05, 0) is 37.3 Å². The molecular weight excluding hydrogens is 351 g/mol. The van der Waals surface area contributed by atoms with Crippen molar-refractivity contribution in [2.75, 3.05) is 10.2 Å². The summed E-state index contributed by atoms with van der Waals surface area (Å²) in [7, 11) is 0. The van der Waals surface area contributed by atoms with Crippen LogP contribution in [0.1, 0.15) is 5.56 Å². The van der Waals surface area contributed by atoms with Gasteiger partial charge in [0.1, 0.15) is 16.5 Å². The first kappa shape index (κ1) is 16.4. The fourth-order valence-corrected chi connectivity index (χ4v) is 2.67. The van der Waals surface area contributed by atoms with Gasteiger partial charge in [0.15, 0.2) is 0 Å². The van der Waals surface area contributed by atoms with Gasteiger partial charge in [-0.2, -0.15) is 0 Å². The van der Waals surface area contributed by atoms with Crippen LogP contribution in [-0.4, -0.2) is 16.9 Å². The summed E-state index contributed by atoms with van der Waals surface area (Å²) in [6, 6.07) is 11.2. The van der Waals surface area contributed by atoms with E-state index in [1.165, 1.54) is 18.2 Å². The van der Waals surface area contributed by atoms with Crippen LogP contribution < -0.4 is 10.2 Å². The molecule has 0 aromatic heterocycles. The van der Waals surface area contributed by atoms with Gasteiger partial charge in [-0.25, -0.2) is 4.90 Å². The number of phenols is 1. The zero-order valence-electron chi connectivity index (χ0n) is 12.5. The van der Waals surface area contributed by atoms with Crippen LogP contribution in [0.2, 0.25) is 5.02 Å². The Morgan fingerprint density at radius 2 is 1.67 bits per heavy atom. The van der Waals surface area contributed by atoms with E-state index >= 15 is 0 Å². The SMILES string of the molecule is Cc1ccc(N2C(=O)C(Cl)=C(Nc3cc(Cl)ccc3O)C2=O)cc1. The van der Waals surface area contributed by atoms with Gasteiger partial charge in [-0.1, -0.05) is 40.9 Å². The molecule has 0 aliphatic carbocycles. The van der Waals surface area contributed by atoms with Crippen LogP contribution in [0.15, 0.2) is 53.2 Å². The minimum Gasteiger partial charge on any atom is -0.506 e. The first-order chi connectivity index (χ1) is 11.4. The lowest BCUT2D eigenvalue weighted by molar-refractivity contribution is -0.120. The van der Waals surface area contributed by atoms with Gasteiger partial charge in [0.25, 0.3) is 11.8 Å². The van der Waals surface area contributed by atoms with Gasteiger partial charge in [0.05, 0.1) is 11.4 Å². The first-order valence-corrected chi connectivity index (χ1v) is 7.75. The monoisotopic (exact) mass is 362 g/mol. The third-order valence-electron chi connectivity index (χ3n) is 3.54. The molecule has 0 saturated carbocycles. The molecule has 0 unspecified atom stereocenters. The van der Waals surface area contributed by atoms with Crippen LogP contribution in [0.25, 0.3) is 0 Å². The summed E-state index contributed by atoms with van der Waals surface area (Å²) < 4.78 is 0. The summed E-state index contributed by atoms with van der Waals surface area (Å²) in [5, 5.41) is 12.7. The summed E-state index contributed by atoms with van der Waals surface area (Å²) in [4.78, 5) is 25.9. The minimum absolute atomic E-state index is 0.111. The number of halogens is 2. The predicted octanol–water partition coefficient (Wildman–Crippen LogP) is 3.79. The van der Waals surface area contributed by atoms with E-state index in [4.69, 9.17) is 23.2 Å². The number of amides is 2. The molecule has 5 nitrogen and oxygen atoms in total. The molecule has 1 aliphatic heterocycles. The van der Waals surface area contributed by atoms with Crippen LogP contribution in [0.4, 0.5) is 11.4 Å². The average molecular weight is 363 g/mol. The molecular formula is C17H12Cl2N2O3. The zero-order chi connectivity index (χ0) is 17.4. The Morgan fingerprint density at radius 1 is 1.00 bits per heavy atom. The smallest absolute Gasteiger partial charge is 0.283 e. The number of carbonyl (C=O) groups excluding carboxylic acids is 2. The van der Waals surface area contributed by atoms with Gasteiger partial charge < -0.3 is 10.4 Å². The van der Waals surface area contributed by atoms with Gasteiger partial charge in [-0.15, -0.1) is 0 Å². The van der Waals surface area contributed by atoms with Crippen LogP contribution in [-0.2, 0) is 9.59 Å². The lowest BCUT2D eigenvalue weighted by atomic mass is 10.2. The summed E-state index contributed by atoms with van der Waals surface area (Å²) in [6.07, 6.45) is 0. The van der Waals surface area contributed by atoms with Crippen molar-refractivity contribution in [3.05, 3.63) is 63.8 Å². The van der Waals surface area contributed by atoms with Crippen molar-refractivity contribution in [3.8, 4) is 5.75 Å². The Hall–Kier alpha value is -2.50. The van der Waals surface area contributed by atoms with Crippen LogP contribution in [0, 0.1) is 6.92 Å². The number of hydrogen-bond donors (Lipinski definition) is 2. The van der Waals surface area contributed by atoms with Crippen molar-refractivity contribution in [2.24, 2.45) is 0 Å². The fourth-order valence-electron chi connectivity index (χ4n) is 2.28. The molecule has 1 heterocycles. The maximum Gasteiger partial charge on any atom is 0.283 e. The minimum atomic E-state index is -0.630. The second-order valence-corrected chi connectivity index (χ2v) is 6.07. The number of carbonyl (C=O) groups is 2. The van der Waals surface area contributed by atoms with E-state index in [1.807, 2.05) is 6.92 Å². The molecule has 0 atom stereocenters. The maximum absolute atomic E-state index is 12.6. The Balaban J connectivity index is 1.94. The highest BCUT2D eigenvalue weighted by molar-refractivity contribution is 6.53. The summed E-state index contributed by atoms with van der Waals surface area (Å²) >= 11 is 11.9. The highest BCUT2D eigenvalue weighted by Gasteiger charge is 2.39. The molecule has 2 aromatic rings. The van der Waals surface area contributed by atoms with Crippen LogP contribution >= 0.6 is 23.2 Å². The summed E-state index contributed by atoms with van der Waals surface area (Å²) in [6.45, 7) is 1.90. The fraction of sp³-hybridized carbons (Fsp3) is 0.0588. The van der Waals surface area contributed by atoms with Crippen molar-refractivity contribution in [2.45, 2.75) is 6.92 Å². The summed E-state index contributed by atoms with van der Waals surface area (Å²) in [5.41, 5.74) is 1.49. The molecule has 0 bridgehead atoms. The third kappa shape index (κ3) is 2.84. The van der Waals surface area contributed by atoms with E-state index in [0.717, 1.165) is 10.5 Å². The lowest BCUT2D eigenvalue weighted by Crippen LogP contribution is -2.32. The summed E-state index contributed by atoms with van der Waals surface area (Å²) in [5.74, 6) is -1.35. The maximum atomic E-state index is 12.6. The van der Waals surface area contributed by atoms with Crippen molar-refractivity contribution in [1.29, 1.82) is 0 Å². The molecule has 3 rings (SSSR count). The number of benzene rings is 2. The second-order valence-electron chi connectivity index (χ2n) is 5.26. The average Bonchev–Trinajstić information content (AvgIpc) is 2.76. The number of phenolic OH excluding ortho intramolecular Hbond substituents is 1. The number of nitrogens with zero attached hydrogens (tertiary/aromatic N) is 1. The Kier molecular flexibility index (Phi) is 4.22. The van der Waals surface area contributed by atoms with Crippen LogP contribution in [0.5, 0.6) is 5.75 Å². The Labute approximate surface area is 148 Å². The van der Waals surface area contributed by atoms with E-state index in [2.05, 4.69) is 5.32 Å². The molecule has 2 aromatic carbocycles. The third-order valence-corrected chi connectivity index (χ3v) is 4.12. The number of aryl methyl sites for hydroxylation is 1. The molecule has 0 fully saturated rings. The number of imide groups is 1. The molecule has 2 amide bonds. The topological polar surface area (TPSA) is 69.6 Å². The molecule has 0 saturated heterocycles. The highest BCUT2D eigenvalue weighted by Crippen LogP contribution is 2.33. The molecule has 2 N–H and O–H groups in total. The van der Waals surface area contributed by atoms with E-state index in [9.17, 15) is 14.7 Å². The van der Waals surface area contributed by atoms with Gasteiger partial charge >= 0.3 is 0 Å². The van der Waals surface area contributed by atoms with Crippen molar-refractivity contribution in [3.63, 3.8) is 0 Å². The van der Waals surface area contributed by atoms with Crippen molar-refractivity contribution in [1.82, 2.24) is 0 Å². The molecule has 24 heavy (non-hydrogen) atoms. The Morgan fingerprint density at radius 3 is 2.33 bits per heavy atom. The van der Waals surface area contributed by atoms with E-state index in [-0.39, 0.29) is 22.2 Å². The largest absolute Gasteiger partial charge is 0.506 e. The van der Waals surface area contributed by atoms with Gasteiger partial charge in [-0.3, -0.25) is 9.59 Å². The molecule has 1 aliphatic rings. The molecule has 0 spiro atoms. The number of anilines is 2. The highest BCUT2D eigenvalue weighted by atomic mass is 35.5. The normalized spacial score (nSPS) is 14.5.